The zero-order valence-corrected chi connectivity index (χ0v) is 11.0. The Hall–Kier alpha value is -2.13. The van der Waals surface area contributed by atoms with Gasteiger partial charge in [0.1, 0.15) is 15.9 Å². The van der Waals surface area contributed by atoms with Crippen LogP contribution in [0.1, 0.15) is 0 Å². The van der Waals surface area contributed by atoms with E-state index in [2.05, 4.69) is 23.4 Å². The van der Waals surface area contributed by atoms with Gasteiger partial charge in [-0.3, -0.25) is 9.71 Å². The van der Waals surface area contributed by atoms with Gasteiger partial charge in [0.25, 0.3) is 10.0 Å². The first kappa shape index (κ1) is 11.9. The summed E-state index contributed by atoms with van der Waals surface area (Å²) in [5.41, 5.74) is 0.899. The summed E-state index contributed by atoms with van der Waals surface area (Å²) in [6, 6.07) is 4.80. The molecule has 96 valence electrons. The van der Waals surface area contributed by atoms with Crippen LogP contribution in [0, 0.1) is 0 Å². The second-order valence-corrected chi connectivity index (χ2v) is 5.76. The van der Waals surface area contributed by atoms with Gasteiger partial charge in [-0.05, 0) is 12.1 Å². The number of nitrogens with zero attached hydrogens (tertiary/aromatic N) is 4. The number of hydrogen-bond donors (Lipinski definition) is 1. The third kappa shape index (κ3) is 2.25. The molecule has 0 amide bonds. The Balaban J connectivity index is 2.08. The molecule has 3 aromatic rings. The molecule has 2 heterocycles. The van der Waals surface area contributed by atoms with Crippen molar-refractivity contribution in [3.8, 4) is 0 Å². The molecule has 1 aromatic carbocycles. The smallest absolute Gasteiger partial charge is 0.262 e. The van der Waals surface area contributed by atoms with Crippen molar-refractivity contribution in [2.45, 2.75) is 4.90 Å². The number of nitrogens with one attached hydrogen (secondary N) is 1. The molecular formula is C10H7N5O2S2. The van der Waals surface area contributed by atoms with Crippen molar-refractivity contribution in [1.82, 2.24) is 18.7 Å². The fourth-order valence-electron chi connectivity index (χ4n) is 1.54. The number of anilines is 1. The maximum Gasteiger partial charge on any atom is 0.265 e. The number of sulfonamides is 1. The van der Waals surface area contributed by atoms with E-state index >= 15 is 0 Å². The van der Waals surface area contributed by atoms with E-state index in [0.717, 1.165) is 11.7 Å². The van der Waals surface area contributed by atoms with Gasteiger partial charge in [-0.15, -0.1) is 0 Å². The predicted octanol–water partition coefficient (Wildman–Crippen LogP) is 1.28. The highest BCUT2D eigenvalue weighted by atomic mass is 32.2. The zero-order chi connectivity index (χ0) is 13.3. The molecule has 0 bridgehead atoms. The van der Waals surface area contributed by atoms with Crippen molar-refractivity contribution in [1.29, 1.82) is 0 Å². The van der Waals surface area contributed by atoms with E-state index in [9.17, 15) is 8.42 Å². The molecule has 0 fully saturated rings. The average Bonchev–Trinajstić information content (AvgIpc) is 2.87. The minimum Gasteiger partial charge on any atom is -0.262 e. The third-order valence-electron chi connectivity index (χ3n) is 2.34. The van der Waals surface area contributed by atoms with E-state index in [-0.39, 0.29) is 10.7 Å². The fraction of sp³-hybridized carbons (Fsp3) is 0. The number of fused-ring (bicyclic) bond motifs is 1. The molecule has 2 aromatic heterocycles. The summed E-state index contributed by atoms with van der Waals surface area (Å²) < 4.78 is 34.9. The van der Waals surface area contributed by atoms with Crippen LogP contribution >= 0.6 is 11.7 Å². The van der Waals surface area contributed by atoms with Crippen molar-refractivity contribution >= 4 is 38.6 Å². The fourth-order valence-corrected chi connectivity index (χ4v) is 3.30. The minimum atomic E-state index is -3.76. The van der Waals surface area contributed by atoms with Crippen LogP contribution in [0.15, 0.2) is 41.7 Å². The van der Waals surface area contributed by atoms with Crippen molar-refractivity contribution in [3.05, 3.63) is 36.8 Å². The van der Waals surface area contributed by atoms with Crippen molar-refractivity contribution in [3.63, 3.8) is 0 Å². The molecule has 0 spiro atoms. The lowest BCUT2D eigenvalue weighted by Crippen LogP contribution is -2.14. The summed E-state index contributed by atoms with van der Waals surface area (Å²) in [5.74, 6) is 0.155. The Morgan fingerprint density at radius 1 is 1.16 bits per heavy atom. The maximum absolute atomic E-state index is 12.3. The van der Waals surface area contributed by atoms with Crippen molar-refractivity contribution < 1.29 is 8.42 Å². The standard InChI is InChI=1S/C10H7N5O2S2/c16-19(17,15-9-6-11-4-5-12-9)8-3-1-2-7-10(8)14-18-13-7/h1-6H,(H,12,15). The molecule has 0 saturated carbocycles. The third-order valence-corrected chi connectivity index (χ3v) is 4.27. The van der Waals surface area contributed by atoms with E-state index in [1.165, 1.54) is 24.7 Å². The minimum absolute atomic E-state index is 0.0735. The highest BCUT2D eigenvalue weighted by molar-refractivity contribution is 7.93. The van der Waals surface area contributed by atoms with Gasteiger partial charge in [0.15, 0.2) is 5.82 Å². The quantitative estimate of drug-likeness (QED) is 0.781. The SMILES string of the molecule is O=S(=O)(Nc1cnccn1)c1cccc2nsnc12. The van der Waals surface area contributed by atoms with E-state index in [0.29, 0.717) is 11.0 Å². The molecule has 1 N–H and O–H groups in total. The largest absolute Gasteiger partial charge is 0.265 e. The second kappa shape index (κ2) is 4.52. The average molecular weight is 293 g/mol. The number of rotatable bonds is 3. The van der Waals surface area contributed by atoms with Gasteiger partial charge in [0.05, 0.1) is 17.9 Å². The molecule has 3 rings (SSSR count). The van der Waals surface area contributed by atoms with E-state index in [1.54, 1.807) is 12.1 Å². The van der Waals surface area contributed by atoms with Gasteiger partial charge in [-0.1, -0.05) is 6.07 Å². The molecule has 9 heteroatoms. The van der Waals surface area contributed by atoms with Crippen LogP contribution < -0.4 is 4.72 Å². The summed E-state index contributed by atoms with van der Waals surface area (Å²) >= 11 is 0.969. The van der Waals surface area contributed by atoms with Gasteiger partial charge in [-0.25, -0.2) is 13.4 Å². The first-order chi connectivity index (χ1) is 9.17. The summed E-state index contributed by atoms with van der Waals surface area (Å²) in [6.07, 6.45) is 4.20. The summed E-state index contributed by atoms with van der Waals surface area (Å²) in [7, 11) is -3.76. The monoisotopic (exact) mass is 293 g/mol. The summed E-state index contributed by atoms with van der Waals surface area (Å²) in [4.78, 5) is 7.74. The van der Waals surface area contributed by atoms with Crippen LogP contribution in [0.2, 0.25) is 0 Å². The summed E-state index contributed by atoms with van der Waals surface area (Å²) in [5, 5.41) is 0. The number of hydrogen-bond acceptors (Lipinski definition) is 7. The zero-order valence-electron chi connectivity index (χ0n) is 9.39. The van der Waals surface area contributed by atoms with E-state index in [4.69, 9.17) is 0 Å². The van der Waals surface area contributed by atoms with Crippen LogP contribution in [-0.2, 0) is 10.0 Å². The normalized spacial score (nSPS) is 11.6. The highest BCUT2D eigenvalue weighted by Gasteiger charge is 2.20. The maximum atomic E-state index is 12.3. The van der Waals surface area contributed by atoms with Crippen molar-refractivity contribution in [2.24, 2.45) is 0 Å². The Morgan fingerprint density at radius 2 is 2.05 bits per heavy atom. The first-order valence-electron chi connectivity index (χ1n) is 5.17. The van der Waals surface area contributed by atoms with Gasteiger partial charge in [0.2, 0.25) is 0 Å². The topological polar surface area (TPSA) is 97.7 Å². The van der Waals surface area contributed by atoms with E-state index in [1.807, 2.05) is 0 Å². The van der Waals surface area contributed by atoms with Gasteiger partial charge in [0, 0.05) is 12.4 Å². The number of benzene rings is 1. The Morgan fingerprint density at radius 3 is 2.84 bits per heavy atom. The lowest BCUT2D eigenvalue weighted by atomic mass is 10.3. The Labute approximate surface area is 112 Å². The predicted molar refractivity (Wildman–Crippen MR) is 70.3 cm³/mol. The van der Waals surface area contributed by atoms with Crippen LogP contribution in [-0.4, -0.2) is 27.1 Å². The highest BCUT2D eigenvalue weighted by Crippen LogP contribution is 2.22. The lowest BCUT2D eigenvalue weighted by molar-refractivity contribution is 0.601. The molecule has 0 aliphatic heterocycles. The molecule has 19 heavy (non-hydrogen) atoms. The molecule has 0 unspecified atom stereocenters. The second-order valence-electron chi connectivity index (χ2n) is 3.58. The van der Waals surface area contributed by atoms with Crippen LogP contribution in [0.5, 0.6) is 0 Å². The molecule has 0 saturated heterocycles. The van der Waals surface area contributed by atoms with Gasteiger partial charge in [-0.2, -0.15) is 8.75 Å². The first-order valence-corrected chi connectivity index (χ1v) is 7.38. The number of aromatic nitrogens is 4. The molecule has 0 aliphatic rings. The van der Waals surface area contributed by atoms with Crippen LogP contribution in [0.25, 0.3) is 11.0 Å². The van der Waals surface area contributed by atoms with E-state index < -0.39 is 10.0 Å². The molecule has 7 nitrogen and oxygen atoms in total. The van der Waals surface area contributed by atoms with Crippen LogP contribution in [0.4, 0.5) is 5.82 Å². The van der Waals surface area contributed by atoms with Gasteiger partial charge < -0.3 is 0 Å². The van der Waals surface area contributed by atoms with Crippen LogP contribution in [0.3, 0.4) is 0 Å². The molecule has 0 aliphatic carbocycles. The molecule has 0 atom stereocenters. The Kier molecular flexibility index (Phi) is 2.84. The lowest BCUT2D eigenvalue weighted by Gasteiger charge is -2.06. The molecule has 0 radical (unpaired) electrons. The molecular weight excluding hydrogens is 286 g/mol. The van der Waals surface area contributed by atoms with Crippen molar-refractivity contribution in [2.75, 3.05) is 4.72 Å². The van der Waals surface area contributed by atoms with Gasteiger partial charge >= 0.3 is 0 Å². The summed E-state index contributed by atoms with van der Waals surface area (Å²) in [6.45, 7) is 0. The Bertz CT molecular complexity index is 816.